The van der Waals surface area contributed by atoms with Gasteiger partial charge in [-0.05, 0) is 17.7 Å². The summed E-state index contributed by atoms with van der Waals surface area (Å²) >= 11 is 5.61. The molecule has 0 unspecified atom stereocenters. The van der Waals surface area contributed by atoms with E-state index in [-0.39, 0.29) is 17.4 Å². The Morgan fingerprint density at radius 3 is 2.43 bits per heavy atom. The van der Waals surface area contributed by atoms with Gasteiger partial charge in [-0.25, -0.2) is 13.2 Å². The van der Waals surface area contributed by atoms with Gasteiger partial charge in [0.25, 0.3) is 0 Å². The Hall–Kier alpha value is -2.01. The Morgan fingerprint density at radius 2 is 1.81 bits per heavy atom. The van der Waals surface area contributed by atoms with Gasteiger partial charge in [0, 0.05) is 0 Å². The van der Waals surface area contributed by atoms with E-state index in [9.17, 15) is 18.0 Å². The second kappa shape index (κ2) is 6.63. The molecule has 0 aliphatic carbocycles. The van der Waals surface area contributed by atoms with Gasteiger partial charge < -0.3 is 4.74 Å². The number of halogens is 4. The van der Waals surface area contributed by atoms with E-state index in [4.69, 9.17) is 16.3 Å². The molecule has 2 rings (SSSR count). The van der Waals surface area contributed by atoms with Gasteiger partial charge in [0.05, 0.1) is 10.6 Å². The maximum atomic E-state index is 14.1. The number of ketones is 1. The predicted octanol–water partition coefficient (Wildman–Crippen LogP) is 4.51. The molecule has 0 fully saturated rings. The lowest BCUT2D eigenvalue weighted by molar-refractivity contribution is 0.0673. The molecular formula is C15H10ClF3O2. The largest absolute Gasteiger partial charge is 0.486 e. The molecule has 0 saturated carbocycles. The van der Waals surface area contributed by atoms with Crippen molar-refractivity contribution in [2.75, 3.05) is 0 Å². The third-order valence-corrected chi connectivity index (χ3v) is 3.05. The minimum Gasteiger partial charge on any atom is -0.486 e. The molecule has 0 aliphatic heterocycles. The first-order valence-electron chi connectivity index (χ1n) is 5.97. The normalized spacial score (nSPS) is 10.7. The van der Waals surface area contributed by atoms with E-state index in [1.54, 1.807) is 24.3 Å². The fourth-order valence-corrected chi connectivity index (χ4v) is 1.95. The Bertz CT molecular complexity index is 645. The highest BCUT2D eigenvalue weighted by molar-refractivity contribution is 6.34. The van der Waals surface area contributed by atoms with Gasteiger partial charge in [-0.3, -0.25) is 4.79 Å². The molecule has 110 valence electrons. The van der Waals surface area contributed by atoms with Crippen molar-refractivity contribution >= 4 is 17.4 Å². The van der Waals surface area contributed by atoms with Crippen LogP contribution in [0.1, 0.15) is 15.9 Å². The number of hydrogen-bond acceptors (Lipinski definition) is 2. The van der Waals surface area contributed by atoms with Crippen LogP contribution < -0.4 is 4.74 Å². The van der Waals surface area contributed by atoms with Crippen LogP contribution in [0, 0.1) is 5.82 Å². The molecule has 2 aromatic rings. The highest BCUT2D eigenvalue weighted by Gasteiger charge is 2.26. The first kappa shape index (κ1) is 15.4. The maximum Gasteiger partial charge on any atom is 0.300 e. The van der Waals surface area contributed by atoms with Crippen molar-refractivity contribution in [1.82, 2.24) is 0 Å². The number of benzene rings is 2. The van der Waals surface area contributed by atoms with E-state index < -0.39 is 23.6 Å². The highest BCUT2D eigenvalue weighted by Crippen LogP contribution is 2.29. The number of rotatable bonds is 5. The highest BCUT2D eigenvalue weighted by atomic mass is 35.5. The van der Waals surface area contributed by atoms with Gasteiger partial charge in [0.15, 0.2) is 11.6 Å². The first-order chi connectivity index (χ1) is 10.0. The molecule has 21 heavy (non-hydrogen) atoms. The number of carbonyl (C=O) groups is 1. The molecule has 0 N–H and O–H groups in total. The van der Waals surface area contributed by atoms with Crippen molar-refractivity contribution in [2.24, 2.45) is 0 Å². The number of hydrogen-bond donors (Lipinski definition) is 0. The molecule has 0 bridgehead atoms. The molecule has 2 aromatic carbocycles. The third-order valence-electron chi connectivity index (χ3n) is 2.74. The van der Waals surface area contributed by atoms with Crippen molar-refractivity contribution in [3.8, 4) is 5.75 Å². The van der Waals surface area contributed by atoms with Crippen LogP contribution in [0.15, 0.2) is 42.5 Å². The number of alkyl halides is 2. The summed E-state index contributed by atoms with van der Waals surface area (Å²) in [5, 5.41) is -0.370. The smallest absolute Gasteiger partial charge is 0.300 e. The van der Waals surface area contributed by atoms with Gasteiger partial charge in [0.2, 0.25) is 5.78 Å². The Balaban J connectivity index is 2.25. The first-order valence-corrected chi connectivity index (χ1v) is 6.35. The second-order valence-corrected chi connectivity index (χ2v) is 4.58. The fraction of sp³-hybridized carbons (Fsp3) is 0.133. The lowest BCUT2D eigenvalue weighted by Gasteiger charge is -2.11. The second-order valence-electron chi connectivity index (χ2n) is 4.17. The molecular weight excluding hydrogens is 305 g/mol. The van der Waals surface area contributed by atoms with Gasteiger partial charge in [-0.2, -0.15) is 0 Å². The van der Waals surface area contributed by atoms with Gasteiger partial charge in [-0.1, -0.05) is 41.9 Å². The van der Waals surface area contributed by atoms with Gasteiger partial charge in [0.1, 0.15) is 6.61 Å². The zero-order valence-electron chi connectivity index (χ0n) is 10.7. The fourth-order valence-electron chi connectivity index (χ4n) is 1.72. The summed E-state index contributed by atoms with van der Waals surface area (Å²) in [6.45, 7) is 0.0434. The van der Waals surface area contributed by atoms with Crippen molar-refractivity contribution in [1.29, 1.82) is 0 Å². The van der Waals surface area contributed by atoms with Crippen LogP contribution in [0.25, 0.3) is 0 Å². The summed E-state index contributed by atoms with van der Waals surface area (Å²) in [7, 11) is 0. The minimum atomic E-state index is -3.33. The van der Waals surface area contributed by atoms with E-state index in [0.717, 1.165) is 11.6 Å². The lowest BCUT2D eigenvalue weighted by Crippen LogP contribution is -2.14. The van der Waals surface area contributed by atoms with Crippen LogP contribution in [-0.2, 0) is 6.61 Å². The molecule has 0 heterocycles. The van der Waals surface area contributed by atoms with Gasteiger partial charge >= 0.3 is 6.43 Å². The van der Waals surface area contributed by atoms with E-state index in [2.05, 4.69) is 0 Å². The lowest BCUT2D eigenvalue weighted by atomic mass is 10.1. The van der Waals surface area contributed by atoms with Crippen LogP contribution in [0.5, 0.6) is 5.75 Å². The van der Waals surface area contributed by atoms with E-state index in [0.29, 0.717) is 0 Å². The average molecular weight is 315 g/mol. The minimum absolute atomic E-state index is 0.0434. The predicted molar refractivity (Wildman–Crippen MR) is 72.5 cm³/mol. The Kier molecular flexibility index (Phi) is 4.85. The van der Waals surface area contributed by atoms with Crippen LogP contribution in [0.3, 0.4) is 0 Å². The van der Waals surface area contributed by atoms with Crippen LogP contribution >= 0.6 is 11.6 Å². The molecule has 0 radical (unpaired) electrons. The summed E-state index contributed by atoms with van der Waals surface area (Å²) in [4.78, 5) is 11.3. The molecule has 6 heteroatoms. The van der Waals surface area contributed by atoms with E-state index >= 15 is 0 Å². The van der Waals surface area contributed by atoms with Crippen LogP contribution in [-0.4, -0.2) is 12.2 Å². The summed E-state index contributed by atoms with van der Waals surface area (Å²) in [5.74, 6) is -3.14. The van der Waals surface area contributed by atoms with E-state index in [1.165, 1.54) is 6.07 Å². The summed E-state index contributed by atoms with van der Waals surface area (Å²) in [6, 6.07) is 11.2. The molecule has 0 atom stereocenters. The standard InChI is InChI=1S/C15H10ClF3O2/c16-10-6-7-11(13(17)12(10)14(20)15(18)19)21-8-9-4-2-1-3-5-9/h1-7,15H,8H2. The Morgan fingerprint density at radius 1 is 1.14 bits per heavy atom. The van der Waals surface area contributed by atoms with Crippen molar-refractivity contribution < 1.29 is 22.7 Å². The molecule has 0 spiro atoms. The SMILES string of the molecule is O=C(c1c(Cl)ccc(OCc2ccccc2)c1F)C(F)F. The van der Waals surface area contributed by atoms with Crippen molar-refractivity contribution in [3.63, 3.8) is 0 Å². The number of ether oxygens (including phenoxy) is 1. The average Bonchev–Trinajstić information content (AvgIpc) is 2.47. The zero-order chi connectivity index (χ0) is 15.4. The van der Waals surface area contributed by atoms with Crippen LogP contribution in [0.4, 0.5) is 13.2 Å². The van der Waals surface area contributed by atoms with Crippen molar-refractivity contribution in [3.05, 3.63) is 64.4 Å². The van der Waals surface area contributed by atoms with Crippen LogP contribution in [0.2, 0.25) is 5.02 Å². The summed E-state index contributed by atoms with van der Waals surface area (Å²) in [5.41, 5.74) is -0.0779. The number of Topliss-reactive ketones (excluding diaryl/α,β-unsaturated/α-hetero) is 1. The molecule has 0 aliphatic rings. The summed E-state index contributed by atoms with van der Waals surface area (Å²) in [6.07, 6.45) is -3.33. The molecule has 0 aromatic heterocycles. The number of carbonyl (C=O) groups excluding carboxylic acids is 1. The van der Waals surface area contributed by atoms with Crippen molar-refractivity contribution in [2.45, 2.75) is 13.0 Å². The molecule has 0 saturated heterocycles. The Labute approximate surface area is 124 Å². The molecule has 2 nitrogen and oxygen atoms in total. The molecule has 0 amide bonds. The van der Waals surface area contributed by atoms with E-state index in [1.807, 2.05) is 6.07 Å². The van der Waals surface area contributed by atoms with Gasteiger partial charge in [-0.15, -0.1) is 0 Å². The zero-order valence-corrected chi connectivity index (χ0v) is 11.4. The monoisotopic (exact) mass is 314 g/mol. The summed E-state index contributed by atoms with van der Waals surface area (Å²) < 4.78 is 44.2. The quantitative estimate of drug-likeness (QED) is 0.759. The maximum absolute atomic E-state index is 14.1. The third kappa shape index (κ3) is 3.55. The topological polar surface area (TPSA) is 26.3 Å².